The number of amides is 1. The topological polar surface area (TPSA) is 80.8 Å². The predicted molar refractivity (Wildman–Crippen MR) is 74.8 cm³/mol. The molecular weight excluding hydrogens is 282 g/mol. The van der Waals surface area contributed by atoms with Gasteiger partial charge in [0.15, 0.2) is 0 Å². The van der Waals surface area contributed by atoms with E-state index in [1.165, 1.54) is 4.90 Å². The van der Waals surface area contributed by atoms with Crippen LogP contribution >= 0.6 is 0 Å². The maximum absolute atomic E-state index is 11.2. The molecule has 1 saturated heterocycles. The summed E-state index contributed by atoms with van der Waals surface area (Å²) < 4.78 is 22.2. The molecule has 1 atom stereocenters. The lowest BCUT2D eigenvalue weighted by atomic mass is 10.4. The predicted octanol–water partition coefficient (Wildman–Crippen LogP) is 1.41. The highest BCUT2D eigenvalue weighted by molar-refractivity contribution is 6.60. The molecule has 1 unspecified atom stereocenters. The summed E-state index contributed by atoms with van der Waals surface area (Å²) >= 11 is 0. The first-order chi connectivity index (χ1) is 9.56. The highest BCUT2D eigenvalue weighted by Crippen LogP contribution is 2.18. The second-order valence-corrected chi connectivity index (χ2v) is 7.15. The van der Waals surface area contributed by atoms with Crippen molar-refractivity contribution in [1.82, 2.24) is 4.90 Å². The highest BCUT2D eigenvalue weighted by Gasteiger charge is 2.41. The van der Waals surface area contributed by atoms with Crippen molar-refractivity contribution in [2.24, 2.45) is 0 Å². The van der Waals surface area contributed by atoms with E-state index in [1.54, 1.807) is 0 Å². The summed E-state index contributed by atoms with van der Waals surface area (Å²) in [5.41, 5.74) is 0. The molecule has 1 aliphatic rings. The van der Waals surface area contributed by atoms with Gasteiger partial charge >= 0.3 is 14.9 Å². The van der Waals surface area contributed by atoms with Gasteiger partial charge in [-0.05, 0) is 20.8 Å². The Bertz CT molecular complexity index is 283. The summed E-state index contributed by atoms with van der Waals surface area (Å²) in [5.74, 6) is 0. The molecule has 0 bridgehead atoms. The summed E-state index contributed by atoms with van der Waals surface area (Å²) in [6, 6.07) is 0.460. The van der Waals surface area contributed by atoms with Crippen molar-refractivity contribution >= 4 is 14.9 Å². The normalized spacial score (nSPS) is 18.1. The minimum absolute atomic E-state index is 0.0356. The number of nitrogens with zero attached hydrogens (tertiary/aromatic N) is 1. The molecule has 1 aliphatic heterocycles. The first-order valence-corrected chi connectivity index (χ1v) is 9.01. The molecule has 1 fully saturated rings. The first-order valence-electron chi connectivity index (χ1n) is 7.08. The Balaban J connectivity index is 2.58. The number of hydrogen-bond acceptors (Lipinski definition) is 5. The molecule has 0 aromatic carbocycles. The van der Waals surface area contributed by atoms with Gasteiger partial charge in [-0.3, -0.25) is 0 Å². The van der Waals surface area contributed by atoms with Crippen LogP contribution in [-0.4, -0.2) is 70.5 Å². The summed E-state index contributed by atoms with van der Waals surface area (Å²) in [6.07, 6.45) is -0.915. The zero-order valence-corrected chi connectivity index (χ0v) is 13.5. The van der Waals surface area contributed by atoms with Crippen LogP contribution < -0.4 is 0 Å². The number of rotatable bonds is 11. The van der Waals surface area contributed by atoms with E-state index in [2.05, 4.69) is 0 Å². The quantitative estimate of drug-likeness (QED) is 0.459. The fourth-order valence-electron chi connectivity index (χ4n) is 1.96. The van der Waals surface area contributed by atoms with Crippen LogP contribution in [0.5, 0.6) is 0 Å². The maximum atomic E-state index is 11.2. The largest absolute Gasteiger partial charge is 0.502 e. The first kappa shape index (κ1) is 17.4. The molecular formula is C12H25NO6Si. The fraction of sp³-hybridized carbons (Fsp3) is 0.917. The summed E-state index contributed by atoms with van der Waals surface area (Å²) in [6.45, 7) is 8.48. The van der Waals surface area contributed by atoms with Gasteiger partial charge in [0.25, 0.3) is 0 Å². The third kappa shape index (κ3) is 5.76. The lowest BCUT2D eigenvalue weighted by molar-refractivity contribution is 0.0676. The third-order valence-corrected chi connectivity index (χ3v) is 5.90. The molecule has 1 rings (SSSR count). The van der Waals surface area contributed by atoms with E-state index in [0.717, 1.165) is 0 Å². The molecule has 0 radical (unpaired) electrons. The van der Waals surface area contributed by atoms with Gasteiger partial charge in [0.2, 0.25) is 0 Å². The van der Waals surface area contributed by atoms with Crippen LogP contribution in [0.15, 0.2) is 0 Å². The third-order valence-electron chi connectivity index (χ3n) is 2.88. The molecule has 118 valence electrons. The smallest absolute Gasteiger partial charge is 0.465 e. The van der Waals surface area contributed by atoms with Crippen molar-refractivity contribution in [3.63, 3.8) is 0 Å². The van der Waals surface area contributed by atoms with Crippen LogP contribution in [0.25, 0.3) is 0 Å². The molecule has 0 spiro atoms. The van der Waals surface area contributed by atoms with Gasteiger partial charge < -0.3 is 28.0 Å². The van der Waals surface area contributed by atoms with Crippen LogP contribution in [0.2, 0.25) is 6.04 Å². The minimum Gasteiger partial charge on any atom is -0.465 e. The van der Waals surface area contributed by atoms with Crippen molar-refractivity contribution in [2.45, 2.75) is 32.9 Å². The van der Waals surface area contributed by atoms with E-state index < -0.39 is 14.9 Å². The molecule has 0 aromatic rings. The molecule has 0 aliphatic carbocycles. The summed E-state index contributed by atoms with van der Waals surface area (Å²) in [4.78, 5) is 12.6. The van der Waals surface area contributed by atoms with E-state index in [-0.39, 0.29) is 6.10 Å². The Morgan fingerprint density at radius 2 is 1.75 bits per heavy atom. The molecule has 0 saturated carbocycles. The van der Waals surface area contributed by atoms with Crippen molar-refractivity contribution in [3.05, 3.63) is 0 Å². The highest BCUT2D eigenvalue weighted by atomic mass is 28.4. The number of ether oxygens (including phenoxy) is 1. The van der Waals surface area contributed by atoms with Crippen molar-refractivity contribution < 1.29 is 27.9 Å². The Hall–Kier alpha value is -0.673. The molecule has 1 amide bonds. The molecule has 7 nitrogen and oxygen atoms in total. The average molecular weight is 307 g/mol. The fourth-order valence-corrected chi connectivity index (χ4v) is 4.50. The van der Waals surface area contributed by atoms with E-state index in [1.807, 2.05) is 20.8 Å². The summed E-state index contributed by atoms with van der Waals surface area (Å²) in [5, 5.41) is 9.20. The van der Waals surface area contributed by atoms with Crippen molar-refractivity contribution in [1.29, 1.82) is 0 Å². The molecule has 0 aromatic heterocycles. The van der Waals surface area contributed by atoms with Crippen LogP contribution in [0.3, 0.4) is 0 Å². The van der Waals surface area contributed by atoms with Crippen LogP contribution in [0.4, 0.5) is 4.79 Å². The van der Waals surface area contributed by atoms with E-state index >= 15 is 0 Å². The Morgan fingerprint density at radius 3 is 2.10 bits per heavy atom. The van der Waals surface area contributed by atoms with Crippen LogP contribution in [0, 0.1) is 0 Å². The number of epoxide rings is 1. The maximum Gasteiger partial charge on any atom is 0.502 e. The van der Waals surface area contributed by atoms with Crippen LogP contribution in [-0.2, 0) is 18.0 Å². The molecule has 1 heterocycles. The van der Waals surface area contributed by atoms with Crippen LogP contribution in [0.1, 0.15) is 20.8 Å². The lowest BCUT2D eigenvalue weighted by Gasteiger charge is -2.30. The van der Waals surface area contributed by atoms with Gasteiger partial charge in [-0.2, -0.15) is 0 Å². The van der Waals surface area contributed by atoms with Crippen molar-refractivity contribution in [2.75, 3.05) is 39.5 Å². The average Bonchev–Trinajstić information content (AvgIpc) is 3.19. The van der Waals surface area contributed by atoms with Gasteiger partial charge in [-0.1, -0.05) is 0 Å². The Kier molecular flexibility index (Phi) is 7.45. The SMILES string of the molecule is CCO[Si](CCN(CC1CO1)C(=O)O)(OCC)OCC. The zero-order chi connectivity index (χ0) is 15.0. The summed E-state index contributed by atoms with van der Waals surface area (Å²) in [7, 11) is -2.78. The van der Waals surface area contributed by atoms with Gasteiger partial charge in [-0.25, -0.2) is 4.79 Å². The molecule has 1 N–H and O–H groups in total. The number of hydrogen-bond donors (Lipinski definition) is 1. The Morgan fingerprint density at radius 1 is 1.25 bits per heavy atom. The van der Waals surface area contributed by atoms with Gasteiger partial charge in [0.1, 0.15) is 0 Å². The molecule has 8 heteroatoms. The van der Waals surface area contributed by atoms with Gasteiger partial charge in [0.05, 0.1) is 19.3 Å². The minimum atomic E-state index is -2.78. The monoisotopic (exact) mass is 307 g/mol. The van der Waals surface area contributed by atoms with Crippen molar-refractivity contribution in [3.8, 4) is 0 Å². The number of carboxylic acid groups (broad SMARTS) is 1. The second-order valence-electron chi connectivity index (χ2n) is 4.42. The Labute approximate surface area is 121 Å². The zero-order valence-electron chi connectivity index (χ0n) is 12.5. The van der Waals surface area contributed by atoms with E-state index in [4.69, 9.17) is 18.0 Å². The second kappa shape index (κ2) is 8.58. The van der Waals surface area contributed by atoms with E-state index in [9.17, 15) is 9.90 Å². The van der Waals surface area contributed by atoms with E-state index in [0.29, 0.717) is 45.6 Å². The molecule has 20 heavy (non-hydrogen) atoms. The standard InChI is InChI=1S/C12H25NO6Si/c1-4-17-20(18-5-2,19-6-3)8-7-13(12(14)15)9-11-10-16-11/h11H,4-10H2,1-3H3,(H,14,15). The lowest BCUT2D eigenvalue weighted by Crippen LogP contribution is -2.49. The number of carbonyl (C=O) groups is 1. The van der Waals surface area contributed by atoms with Gasteiger partial charge in [0, 0.05) is 32.4 Å². The van der Waals surface area contributed by atoms with Gasteiger partial charge in [-0.15, -0.1) is 0 Å².